The van der Waals surface area contributed by atoms with Crippen molar-refractivity contribution >= 4 is 33.1 Å². The van der Waals surface area contributed by atoms with Gasteiger partial charge < -0.3 is 10.1 Å². The topological polar surface area (TPSA) is 77.9 Å². The van der Waals surface area contributed by atoms with Crippen molar-refractivity contribution < 1.29 is 5.11 Å². The molecule has 2 aromatic heterocycles. The first kappa shape index (κ1) is 11.9. The van der Waals surface area contributed by atoms with Crippen LogP contribution in [0.4, 0.5) is 5.82 Å². The van der Waals surface area contributed by atoms with Crippen molar-refractivity contribution in [3.8, 4) is 5.75 Å². The van der Waals surface area contributed by atoms with E-state index in [1.54, 1.807) is 22.4 Å². The van der Waals surface area contributed by atoms with Crippen molar-refractivity contribution in [3.63, 3.8) is 0 Å². The molecule has 2 N–H and O–H groups in total. The molecule has 0 fully saturated rings. The Kier molecular flexibility index (Phi) is 3.04. The highest BCUT2D eigenvalue weighted by atomic mass is 79.9. The van der Waals surface area contributed by atoms with Gasteiger partial charge in [-0.3, -0.25) is 3.93 Å². The Morgan fingerprint density at radius 2 is 2.05 bits per heavy atom. The molecule has 3 aromatic rings. The first-order valence-corrected chi connectivity index (χ1v) is 6.31. The van der Waals surface area contributed by atoms with Crippen LogP contribution in [0.5, 0.6) is 5.75 Å². The Morgan fingerprint density at radius 1 is 1.21 bits per heavy atom. The molecule has 7 heteroatoms. The number of aromatic hydroxyl groups is 1. The quantitative estimate of drug-likeness (QED) is 0.725. The first-order chi connectivity index (χ1) is 9.25. The molecule has 3 rings (SSSR count). The van der Waals surface area contributed by atoms with Gasteiger partial charge in [-0.25, -0.2) is 15.0 Å². The van der Waals surface area contributed by atoms with Gasteiger partial charge in [0.25, 0.3) is 0 Å². The van der Waals surface area contributed by atoms with E-state index in [9.17, 15) is 5.11 Å². The summed E-state index contributed by atoms with van der Waals surface area (Å²) in [4.78, 5) is 15.4. The fraction of sp³-hybridized carbons (Fsp3) is 0.0833. The first-order valence-electron chi connectivity index (χ1n) is 5.60. The molecular formula is C12H10BrN5O. The predicted molar refractivity (Wildman–Crippen MR) is 74.9 cm³/mol. The monoisotopic (exact) mass is 319 g/mol. The van der Waals surface area contributed by atoms with Crippen molar-refractivity contribution in [1.82, 2.24) is 19.9 Å². The normalized spacial score (nSPS) is 10.8. The number of benzene rings is 1. The minimum Gasteiger partial charge on any atom is -0.508 e. The molecule has 0 radical (unpaired) electrons. The summed E-state index contributed by atoms with van der Waals surface area (Å²) in [5, 5.41) is 9.78. The summed E-state index contributed by atoms with van der Waals surface area (Å²) in [6, 6.07) is 7.17. The SMILES string of the molecule is Oc1ccccc1CN(Br)c1ncnc2nc[nH]c12. The number of fused-ring (bicyclic) bond motifs is 1. The maximum absolute atomic E-state index is 9.78. The lowest BCUT2D eigenvalue weighted by molar-refractivity contribution is 0.468. The lowest BCUT2D eigenvalue weighted by Crippen LogP contribution is -2.11. The number of para-hydroxylation sites is 1. The van der Waals surface area contributed by atoms with Gasteiger partial charge in [-0.15, -0.1) is 0 Å². The molecular weight excluding hydrogens is 310 g/mol. The minimum absolute atomic E-state index is 0.252. The Bertz CT molecular complexity index is 714. The van der Waals surface area contributed by atoms with Crippen LogP contribution in [0.15, 0.2) is 36.9 Å². The van der Waals surface area contributed by atoms with Gasteiger partial charge in [0, 0.05) is 5.56 Å². The number of hydrogen-bond acceptors (Lipinski definition) is 5. The van der Waals surface area contributed by atoms with Gasteiger partial charge in [0.1, 0.15) is 17.6 Å². The molecule has 96 valence electrons. The van der Waals surface area contributed by atoms with Crippen LogP contribution in [0.2, 0.25) is 0 Å². The number of aromatic amines is 1. The third kappa shape index (κ3) is 2.24. The molecule has 0 unspecified atom stereocenters. The van der Waals surface area contributed by atoms with Crippen LogP contribution >= 0.6 is 16.1 Å². The number of H-pyrrole nitrogens is 1. The molecule has 2 heterocycles. The highest BCUT2D eigenvalue weighted by Gasteiger charge is 2.13. The average Bonchev–Trinajstić information content (AvgIpc) is 2.89. The van der Waals surface area contributed by atoms with Crippen LogP contribution in [-0.2, 0) is 6.54 Å². The molecule has 0 saturated heterocycles. The highest BCUT2D eigenvalue weighted by molar-refractivity contribution is 9.10. The van der Waals surface area contributed by atoms with E-state index in [0.29, 0.717) is 18.0 Å². The van der Waals surface area contributed by atoms with E-state index < -0.39 is 0 Å². The van der Waals surface area contributed by atoms with Gasteiger partial charge in [-0.05, 0) is 6.07 Å². The Morgan fingerprint density at radius 3 is 2.89 bits per heavy atom. The molecule has 0 atom stereocenters. The predicted octanol–water partition coefficient (Wildman–Crippen LogP) is 2.38. The number of imidazole rings is 1. The van der Waals surface area contributed by atoms with Crippen LogP contribution in [0.1, 0.15) is 5.56 Å². The second-order valence-corrected chi connectivity index (χ2v) is 4.80. The van der Waals surface area contributed by atoms with Gasteiger partial charge in [0.2, 0.25) is 0 Å². The molecule has 0 amide bonds. The minimum atomic E-state index is 0.252. The molecule has 1 aromatic carbocycles. The summed E-state index contributed by atoms with van der Waals surface area (Å²) in [7, 11) is 0. The van der Waals surface area contributed by atoms with E-state index in [1.807, 2.05) is 12.1 Å². The van der Waals surface area contributed by atoms with Gasteiger partial charge in [-0.1, -0.05) is 18.2 Å². The van der Waals surface area contributed by atoms with Gasteiger partial charge in [0.05, 0.1) is 29.0 Å². The largest absolute Gasteiger partial charge is 0.508 e. The van der Waals surface area contributed by atoms with Crippen molar-refractivity contribution in [3.05, 3.63) is 42.5 Å². The molecule has 19 heavy (non-hydrogen) atoms. The van der Waals surface area contributed by atoms with Crippen LogP contribution in [0, 0.1) is 0 Å². The van der Waals surface area contributed by atoms with E-state index in [1.165, 1.54) is 6.33 Å². The van der Waals surface area contributed by atoms with Gasteiger partial charge >= 0.3 is 0 Å². The summed E-state index contributed by atoms with van der Waals surface area (Å²) in [6.45, 7) is 0.470. The second-order valence-electron chi connectivity index (χ2n) is 3.95. The number of hydrogen-bond donors (Lipinski definition) is 2. The van der Waals surface area contributed by atoms with E-state index in [4.69, 9.17) is 0 Å². The number of phenolic OH excluding ortho intramolecular Hbond substituents is 1. The summed E-state index contributed by atoms with van der Waals surface area (Å²) in [6.07, 6.45) is 3.03. The summed E-state index contributed by atoms with van der Waals surface area (Å²) in [5.74, 6) is 0.924. The van der Waals surface area contributed by atoms with Crippen LogP contribution in [-0.4, -0.2) is 25.0 Å². The van der Waals surface area contributed by atoms with Gasteiger partial charge in [0.15, 0.2) is 11.5 Å². The standard InChI is InChI=1S/C12H10BrN5O/c13-18(5-8-3-1-2-4-9(8)19)12-10-11(15-6-14-10)16-7-17-12/h1-4,6-7,19H,5H2,(H,14,15,16,17). The Balaban J connectivity index is 1.94. The zero-order chi connectivity index (χ0) is 13.2. The van der Waals surface area contributed by atoms with Crippen molar-refractivity contribution in [2.45, 2.75) is 6.54 Å². The van der Waals surface area contributed by atoms with Gasteiger partial charge in [-0.2, -0.15) is 0 Å². The fourth-order valence-corrected chi connectivity index (χ4v) is 2.34. The molecule has 6 nitrogen and oxygen atoms in total. The Labute approximate surface area is 117 Å². The summed E-state index contributed by atoms with van der Waals surface area (Å²) >= 11 is 3.45. The van der Waals surface area contributed by atoms with Crippen LogP contribution in [0.3, 0.4) is 0 Å². The van der Waals surface area contributed by atoms with E-state index in [2.05, 4.69) is 36.1 Å². The molecule has 0 spiro atoms. The van der Waals surface area contributed by atoms with Crippen LogP contribution < -0.4 is 3.93 Å². The third-order valence-electron chi connectivity index (χ3n) is 2.73. The maximum atomic E-state index is 9.78. The van der Waals surface area contributed by atoms with E-state index >= 15 is 0 Å². The van der Waals surface area contributed by atoms with Crippen LogP contribution in [0.25, 0.3) is 11.2 Å². The zero-order valence-electron chi connectivity index (χ0n) is 9.79. The lowest BCUT2D eigenvalue weighted by Gasteiger charge is -2.16. The van der Waals surface area contributed by atoms with Crippen molar-refractivity contribution in [2.24, 2.45) is 0 Å². The zero-order valence-corrected chi connectivity index (χ0v) is 11.4. The molecule has 0 saturated carbocycles. The van der Waals surface area contributed by atoms with Crippen molar-refractivity contribution in [1.29, 1.82) is 0 Å². The number of aromatic nitrogens is 4. The van der Waals surface area contributed by atoms with Crippen molar-refractivity contribution in [2.75, 3.05) is 3.93 Å². The smallest absolute Gasteiger partial charge is 0.182 e. The average molecular weight is 320 g/mol. The third-order valence-corrected chi connectivity index (χ3v) is 3.32. The highest BCUT2D eigenvalue weighted by Crippen LogP contribution is 2.26. The fourth-order valence-electron chi connectivity index (χ4n) is 1.81. The van der Waals surface area contributed by atoms with E-state index in [-0.39, 0.29) is 5.75 Å². The molecule has 0 aliphatic carbocycles. The number of phenols is 1. The summed E-state index contributed by atoms with van der Waals surface area (Å²) < 4.78 is 1.75. The molecule has 0 bridgehead atoms. The number of nitrogens with one attached hydrogen (secondary N) is 1. The van der Waals surface area contributed by atoms with E-state index in [0.717, 1.165) is 11.1 Å². The maximum Gasteiger partial charge on any atom is 0.182 e. The number of nitrogens with zero attached hydrogens (tertiary/aromatic N) is 4. The molecule has 0 aliphatic rings. The summed E-state index contributed by atoms with van der Waals surface area (Å²) in [5.41, 5.74) is 2.15. The molecule has 0 aliphatic heterocycles. The number of rotatable bonds is 3. The number of anilines is 1. The lowest BCUT2D eigenvalue weighted by atomic mass is 10.2. The number of halogens is 1. The second kappa shape index (κ2) is 4.85. The Hall–Kier alpha value is -2.15.